The second-order valence-electron chi connectivity index (χ2n) is 10.0. The number of benzene rings is 2. The molecule has 2 heterocycles. The van der Waals surface area contributed by atoms with Crippen molar-refractivity contribution in [2.24, 2.45) is 5.92 Å². The molecule has 6 rings (SSSR count). The molecule has 180 valence electrons. The molecule has 1 aromatic heterocycles. The number of hydrogen-bond donors (Lipinski definition) is 1. The van der Waals surface area contributed by atoms with Gasteiger partial charge in [0.25, 0.3) is 5.91 Å². The largest absolute Gasteiger partial charge is 0.486 e. The Kier molecular flexibility index (Phi) is 5.59. The van der Waals surface area contributed by atoms with Gasteiger partial charge in [-0.05, 0) is 80.0 Å². The fraction of sp³-hybridized carbons (Fsp3) is 0.379. The third kappa shape index (κ3) is 4.70. The molecular formula is C29H30N2O4. The van der Waals surface area contributed by atoms with E-state index in [2.05, 4.69) is 53.5 Å². The monoisotopic (exact) mass is 470 g/mol. The first-order valence-electron chi connectivity index (χ1n) is 12.6. The van der Waals surface area contributed by atoms with Crippen LogP contribution in [0.2, 0.25) is 0 Å². The van der Waals surface area contributed by atoms with Crippen molar-refractivity contribution in [2.45, 2.75) is 57.7 Å². The highest BCUT2D eigenvalue weighted by Crippen LogP contribution is 2.41. The highest BCUT2D eigenvalue weighted by molar-refractivity contribution is 5.91. The van der Waals surface area contributed by atoms with Crippen LogP contribution in [0.3, 0.4) is 0 Å². The molecule has 1 aliphatic heterocycles. The second-order valence-corrected chi connectivity index (χ2v) is 10.0. The first kappa shape index (κ1) is 22.0. The first-order valence-corrected chi connectivity index (χ1v) is 12.6. The van der Waals surface area contributed by atoms with Crippen LogP contribution in [0.15, 0.2) is 59.0 Å². The maximum Gasteiger partial charge on any atom is 0.287 e. The lowest BCUT2D eigenvalue weighted by atomic mass is 9.87. The SMILES string of the molecule is Cc1ccc([C@H]2c3cc(OCc4ccc(C(=O)NC5CC5)o4)ccc3CCN2C(=O)C2CC2)cc1. The molecule has 0 radical (unpaired) electrons. The molecule has 1 N–H and O–H groups in total. The van der Waals surface area contributed by atoms with Crippen LogP contribution in [-0.4, -0.2) is 29.3 Å². The topological polar surface area (TPSA) is 71.8 Å². The van der Waals surface area contributed by atoms with Crippen LogP contribution in [0.1, 0.15) is 70.3 Å². The number of amides is 2. The molecule has 0 spiro atoms. The Morgan fingerprint density at radius 1 is 1.03 bits per heavy atom. The smallest absolute Gasteiger partial charge is 0.287 e. The minimum atomic E-state index is -0.172. The molecule has 6 nitrogen and oxygen atoms in total. The van der Waals surface area contributed by atoms with E-state index in [-0.39, 0.29) is 36.4 Å². The molecule has 1 atom stereocenters. The molecule has 2 fully saturated rings. The predicted octanol–water partition coefficient (Wildman–Crippen LogP) is 4.94. The highest BCUT2D eigenvalue weighted by atomic mass is 16.5. The zero-order chi connectivity index (χ0) is 23.9. The Morgan fingerprint density at radius 2 is 1.83 bits per heavy atom. The van der Waals surface area contributed by atoms with Crippen molar-refractivity contribution in [1.29, 1.82) is 0 Å². The normalized spacial score (nSPS) is 19.2. The lowest BCUT2D eigenvalue weighted by Gasteiger charge is -2.38. The molecule has 2 saturated carbocycles. The molecule has 6 heteroatoms. The van der Waals surface area contributed by atoms with Crippen LogP contribution in [0, 0.1) is 12.8 Å². The summed E-state index contributed by atoms with van der Waals surface area (Å²) in [6.07, 6.45) is 4.90. The van der Waals surface area contributed by atoms with Crippen molar-refractivity contribution in [2.75, 3.05) is 6.54 Å². The number of fused-ring (bicyclic) bond motifs is 1. The summed E-state index contributed by atoms with van der Waals surface area (Å²) >= 11 is 0. The van der Waals surface area contributed by atoms with E-state index in [0.29, 0.717) is 11.5 Å². The van der Waals surface area contributed by atoms with E-state index in [1.165, 1.54) is 11.1 Å². The Bertz CT molecular complexity index is 1250. The zero-order valence-electron chi connectivity index (χ0n) is 20.0. The molecule has 2 amide bonds. The van der Waals surface area contributed by atoms with Crippen molar-refractivity contribution in [1.82, 2.24) is 10.2 Å². The molecule has 2 aliphatic carbocycles. The van der Waals surface area contributed by atoms with Gasteiger partial charge in [0, 0.05) is 18.5 Å². The number of hydrogen-bond acceptors (Lipinski definition) is 4. The van der Waals surface area contributed by atoms with Gasteiger partial charge >= 0.3 is 0 Å². The summed E-state index contributed by atoms with van der Waals surface area (Å²) in [5.41, 5.74) is 4.70. The van der Waals surface area contributed by atoms with E-state index in [1.54, 1.807) is 12.1 Å². The van der Waals surface area contributed by atoms with Gasteiger partial charge in [0.1, 0.15) is 18.1 Å². The minimum Gasteiger partial charge on any atom is -0.486 e. The van der Waals surface area contributed by atoms with Gasteiger partial charge in [0.05, 0.1) is 6.04 Å². The predicted molar refractivity (Wildman–Crippen MR) is 131 cm³/mol. The Morgan fingerprint density at radius 3 is 2.57 bits per heavy atom. The molecular weight excluding hydrogens is 440 g/mol. The Balaban J connectivity index is 1.23. The quantitative estimate of drug-likeness (QED) is 0.531. The highest BCUT2D eigenvalue weighted by Gasteiger charge is 2.39. The van der Waals surface area contributed by atoms with Crippen LogP contribution in [0.25, 0.3) is 0 Å². The third-order valence-corrected chi connectivity index (χ3v) is 7.13. The summed E-state index contributed by atoms with van der Waals surface area (Å²) in [5.74, 6) is 1.91. The fourth-order valence-corrected chi connectivity index (χ4v) is 4.81. The Hall–Kier alpha value is -3.54. The molecule has 3 aromatic rings. The molecule has 0 bridgehead atoms. The lowest BCUT2D eigenvalue weighted by Crippen LogP contribution is -2.41. The second kappa shape index (κ2) is 8.91. The van der Waals surface area contributed by atoms with Gasteiger partial charge in [-0.1, -0.05) is 35.9 Å². The minimum absolute atomic E-state index is 0.114. The summed E-state index contributed by atoms with van der Waals surface area (Å²) in [6, 6.07) is 18.3. The Labute approximate surface area is 205 Å². The van der Waals surface area contributed by atoms with Gasteiger partial charge < -0.3 is 19.4 Å². The van der Waals surface area contributed by atoms with Crippen LogP contribution in [0.4, 0.5) is 0 Å². The number of carbonyl (C=O) groups excluding carboxylic acids is 2. The van der Waals surface area contributed by atoms with E-state index >= 15 is 0 Å². The van der Waals surface area contributed by atoms with E-state index in [0.717, 1.165) is 55.5 Å². The fourth-order valence-electron chi connectivity index (χ4n) is 4.81. The number of ether oxygens (including phenoxy) is 1. The van der Waals surface area contributed by atoms with Gasteiger partial charge in [-0.3, -0.25) is 9.59 Å². The van der Waals surface area contributed by atoms with Crippen molar-refractivity contribution in [3.8, 4) is 5.75 Å². The third-order valence-electron chi connectivity index (χ3n) is 7.13. The van der Waals surface area contributed by atoms with Gasteiger partial charge in [-0.2, -0.15) is 0 Å². The molecule has 3 aliphatic rings. The summed E-state index contributed by atoms with van der Waals surface area (Å²) in [4.78, 5) is 27.5. The lowest BCUT2D eigenvalue weighted by molar-refractivity contribution is -0.134. The number of aryl methyl sites for hydroxylation is 1. The summed E-state index contributed by atoms with van der Waals surface area (Å²) < 4.78 is 11.8. The molecule has 2 aromatic carbocycles. The standard InChI is InChI=1S/C29H30N2O4/c1-18-2-4-20(5-3-18)27-25-16-23(11-8-19(25)14-15-31(27)29(33)21-6-7-21)34-17-24-12-13-26(35-24)28(32)30-22-9-10-22/h2-5,8,11-13,16,21-22,27H,6-7,9-10,14-15,17H2,1H3,(H,30,32)/t27-/m0/s1. The number of carbonyl (C=O) groups is 2. The average Bonchev–Trinajstić information content (AvgIpc) is 3.81. The van der Waals surface area contributed by atoms with Crippen molar-refractivity contribution >= 4 is 11.8 Å². The first-order chi connectivity index (χ1) is 17.0. The van der Waals surface area contributed by atoms with Crippen LogP contribution in [-0.2, 0) is 17.8 Å². The van der Waals surface area contributed by atoms with Crippen molar-refractivity contribution in [3.05, 3.63) is 88.4 Å². The van der Waals surface area contributed by atoms with Crippen molar-refractivity contribution in [3.63, 3.8) is 0 Å². The van der Waals surface area contributed by atoms with Gasteiger partial charge in [0.15, 0.2) is 5.76 Å². The van der Waals surface area contributed by atoms with Crippen LogP contribution >= 0.6 is 0 Å². The molecule has 0 unspecified atom stereocenters. The number of rotatable bonds is 7. The van der Waals surface area contributed by atoms with E-state index in [1.807, 2.05) is 6.07 Å². The number of furan rings is 1. The van der Waals surface area contributed by atoms with Crippen LogP contribution < -0.4 is 10.1 Å². The van der Waals surface area contributed by atoms with Crippen molar-refractivity contribution < 1.29 is 18.7 Å². The summed E-state index contributed by atoms with van der Waals surface area (Å²) in [5, 5.41) is 2.94. The molecule has 35 heavy (non-hydrogen) atoms. The maximum atomic E-state index is 13.2. The van der Waals surface area contributed by atoms with E-state index in [4.69, 9.17) is 9.15 Å². The summed E-state index contributed by atoms with van der Waals surface area (Å²) in [6.45, 7) is 3.04. The number of nitrogens with zero attached hydrogens (tertiary/aromatic N) is 1. The van der Waals surface area contributed by atoms with E-state index < -0.39 is 0 Å². The molecule has 0 saturated heterocycles. The zero-order valence-corrected chi connectivity index (χ0v) is 20.0. The van der Waals surface area contributed by atoms with E-state index in [9.17, 15) is 9.59 Å². The van der Waals surface area contributed by atoms with Gasteiger partial charge in [0.2, 0.25) is 5.91 Å². The van der Waals surface area contributed by atoms with Gasteiger partial charge in [-0.25, -0.2) is 0 Å². The number of nitrogens with one attached hydrogen (secondary N) is 1. The summed E-state index contributed by atoms with van der Waals surface area (Å²) in [7, 11) is 0. The average molecular weight is 471 g/mol. The van der Waals surface area contributed by atoms with Crippen LogP contribution in [0.5, 0.6) is 5.75 Å². The van der Waals surface area contributed by atoms with Gasteiger partial charge in [-0.15, -0.1) is 0 Å². The maximum absolute atomic E-state index is 13.2.